The lowest BCUT2D eigenvalue weighted by molar-refractivity contribution is -0.144. The van der Waals surface area contributed by atoms with E-state index in [4.69, 9.17) is 14.6 Å². The fraction of sp³-hybridized carbons (Fsp3) is 0.409. The summed E-state index contributed by atoms with van der Waals surface area (Å²) in [5.74, 6) is 1.44. The third kappa shape index (κ3) is 3.52. The number of hydrazone groups is 1. The Labute approximate surface area is 190 Å². The van der Waals surface area contributed by atoms with Gasteiger partial charge in [-0.05, 0) is 23.8 Å². The van der Waals surface area contributed by atoms with E-state index in [9.17, 15) is 8.42 Å². The molecule has 1 fully saturated rings. The van der Waals surface area contributed by atoms with Crippen molar-refractivity contribution >= 4 is 31.7 Å². The highest BCUT2D eigenvalue weighted by Gasteiger charge is 2.53. The van der Waals surface area contributed by atoms with Gasteiger partial charge in [0, 0.05) is 42.4 Å². The summed E-state index contributed by atoms with van der Waals surface area (Å²) < 4.78 is 38.9. The minimum Gasteiger partial charge on any atom is -0.493 e. The summed E-state index contributed by atoms with van der Waals surface area (Å²) in [5, 5.41) is 7.10. The lowest BCUT2D eigenvalue weighted by Crippen LogP contribution is -2.59. The molecule has 7 nitrogen and oxygen atoms in total. The van der Waals surface area contributed by atoms with E-state index >= 15 is 0 Å². The van der Waals surface area contributed by atoms with Gasteiger partial charge in [0.15, 0.2) is 11.5 Å². The van der Waals surface area contributed by atoms with Gasteiger partial charge in [0.05, 0.1) is 25.1 Å². The molecule has 5 rings (SSSR count). The van der Waals surface area contributed by atoms with Gasteiger partial charge < -0.3 is 9.47 Å². The molecule has 2 aromatic rings. The van der Waals surface area contributed by atoms with E-state index in [1.54, 1.807) is 7.11 Å². The van der Waals surface area contributed by atoms with Gasteiger partial charge in [-0.25, -0.2) is 17.7 Å². The fourth-order valence-corrected chi connectivity index (χ4v) is 5.86. The summed E-state index contributed by atoms with van der Waals surface area (Å²) in [6.45, 7) is 0.797. The van der Waals surface area contributed by atoms with Crippen LogP contribution < -0.4 is 9.47 Å². The lowest BCUT2D eigenvalue weighted by atomic mass is 9.91. The Morgan fingerprint density at radius 2 is 1.87 bits per heavy atom. The van der Waals surface area contributed by atoms with Crippen LogP contribution in [0, 0.1) is 0 Å². The highest BCUT2D eigenvalue weighted by atomic mass is 79.9. The average molecular weight is 506 g/mol. The van der Waals surface area contributed by atoms with E-state index in [0.29, 0.717) is 31.7 Å². The van der Waals surface area contributed by atoms with Crippen molar-refractivity contribution in [3.63, 3.8) is 0 Å². The Kier molecular flexibility index (Phi) is 5.02. The highest BCUT2D eigenvalue weighted by Crippen LogP contribution is 2.52. The second-order valence-electron chi connectivity index (χ2n) is 8.21. The summed E-state index contributed by atoms with van der Waals surface area (Å²) in [6, 6.07) is 14.1. The zero-order valence-electron chi connectivity index (χ0n) is 17.4. The Hall–Kier alpha value is -2.10. The van der Waals surface area contributed by atoms with Crippen molar-refractivity contribution in [2.45, 2.75) is 31.0 Å². The Morgan fingerprint density at radius 3 is 2.52 bits per heavy atom. The number of para-hydroxylation sites is 1. The zero-order valence-corrected chi connectivity index (χ0v) is 19.8. The van der Waals surface area contributed by atoms with Crippen molar-refractivity contribution in [3.8, 4) is 11.5 Å². The SMILES string of the molecule is COc1cccc2c1OC1(CCN(S(C)(=O)=O)CC1)N1N=C(c3ccc(Br)cc3)C[C@H]21. The number of ether oxygens (including phenoxy) is 2. The van der Waals surface area contributed by atoms with Crippen LogP contribution in [0.2, 0.25) is 0 Å². The molecule has 0 unspecified atom stereocenters. The zero-order chi connectivity index (χ0) is 21.8. The summed E-state index contributed by atoms with van der Waals surface area (Å²) in [5.41, 5.74) is 2.42. The Balaban J connectivity index is 1.57. The van der Waals surface area contributed by atoms with Crippen molar-refractivity contribution in [2.24, 2.45) is 5.10 Å². The molecule has 0 aliphatic carbocycles. The van der Waals surface area contributed by atoms with E-state index in [0.717, 1.165) is 33.5 Å². The normalized spacial score (nSPS) is 22.5. The number of methoxy groups -OCH3 is 1. The van der Waals surface area contributed by atoms with Crippen LogP contribution in [-0.4, -0.2) is 55.6 Å². The van der Waals surface area contributed by atoms with E-state index in [2.05, 4.69) is 39.1 Å². The summed E-state index contributed by atoms with van der Waals surface area (Å²) >= 11 is 3.49. The third-order valence-corrected chi connectivity index (χ3v) is 8.19. The molecule has 0 aromatic heterocycles. The smallest absolute Gasteiger partial charge is 0.211 e. The maximum absolute atomic E-state index is 12.1. The maximum atomic E-state index is 12.1. The molecule has 3 aliphatic heterocycles. The van der Waals surface area contributed by atoms with Gasteiger partial charge in [0.2, 0.25) is 15.7 Å². The van der Waals surface area contributed by atoms with Crippen molar-refractivity contribution in [1.29, 1.82) is 0 Å². The standard InChI is InChI=1S/C22H24BrN3O4S/c1-29-20-5-3-4-17-19-14-18(15-6-8-16(23)9-7-15)24-26(19)22(30-21(17)20)10-12-25(13-11-22)31(2,27)28/h3-9,19H,10-14H2,1-2H3/t19-/m1/s1. The average Bonchev–Trinajstić information content (AvgIpc) is 3.20. The van der Waals surface area contributed by atoms with Gasteiger partial charge >= 0.3 is 0 Å². The van der Waals surface area contributed by atoms with E-state index < -0.39 is 15.7 Å². The monoisotopic (exact) mass is 505 g/mol. The third-order valence-electron chi connectivity index (χ3n) is 6.36. The molecular weight excluding hydrogens is 482 g/mol. The molecule has 2 aromatic carbocycles. The summed E-state index contributed by atoms with van der Waals surface area (Å²) in [7, 11) is -1.60. The summed E-state index contributed by atoms with van der Waals surface area (Å²) in [4.78, 5) is 0. The maximum Gasteiger partial charge on any atom is 0.211 e. The summed E-state index contributed by atoms with van der Waals surface area (Å²) in [6.07, 6.45) is 3.08. The molecular formula is C22H24BrN3O4S. The number of sulfonamides is 1. The van der Waals surface area contributed by atoms with Crippen LogP contribution in [0.5, 0.6) is 11.5 Å². The molecule has 0 amide bonds. The first-order chi connectivity index (χ1) is 14.8. The van der Waals surface area contributed by atoms with Gasteiger partial charge in [-0.3, -0.25) is 0 Å². The predicted octanol–water partition coefficient (Wildman–Crippen LogP) is 3.75. The van der Waals surface area contributed by atoms with Crippen LogP contribution >= 0.6 is 15.9 Å². The van der Waals surface area contributed by atoms with Crippen molar-refractivity contribution in [1.82, 2.24) is 9.31 Å². The first-order valence-corrected chi connectivity index (χ1v) is 12.9. The number of nitrogens with zero attached hydrogens (tertiary/aromatic N) is 3. The van der Waals surface area contributed by atoms with E-state index in [-0.39, 0.29) is 6.04 Å². The molecule has 1 spiro atoms. The second kappa shape index (κ2) is 7.50. The van der Waals surface area contributed by atoms with Gasteiger partial charge in [-0.2, -0.15) is 5.10 Å². The highest BCUT2D eigenvalue weighted by molar-refractivity contribution is 9.10. The van der Waals surface area contributed by atoms with Crippen molar-refractivity contribution in [2.75, 3.05) is 26.5 Å². The molecule has 0 N–H and O–H groups in total. The number of piperidine rings is 1. The molecule has 164 valence electrons. The van der Waals surface area contributed by atoms with Gasteiger partial charge in [-0.15, -0.1) is 0 Å². The predicted molar refractivity (Wildman–Crippen MR) is 122 cm³/mol. The largest absolute Gasteiger partial charge is 0.493 e. The molecule has 3 aliphatic rings. The first kappa shape index (κ1) is 20.8. The fourth-order valence-electron chi connectivity index (χ4n) is 4.75. The van der Waals surface area contributed by atoms with Crippen molar-refractivity contribution in [3.05, 3.63) is 58.1 Å². The van der Waals surface area contributed by atoms with Crippen LogP contribution in [0.25, 0.3) is 0 Å². The number of hydrogen-bond donors (Lipinski definition) is 0. The number of halogens is 1. The lowest BCUT2D eigenvalue weighted by Gasteiger charge is -2.50. The Morgan fingerprint density at radius 1 is 1.16 bits per heavy atom. The number of hydrogen-bond acceptors (Lipinski definition) is 6. The van der Waals surface area contributed by atoms with Crippen molar-refractivity contribution < 1.29 is 17.9 Å². The quantitative estimate of drug-likeness (QED) is 0.634. The van der Waals surface area contributed by atoms with Gasteiger partial charge in [0.25, 0.3) is 0 Å². The van der Waals surface area contributed by atoms with Gasteiger partial charge in [0.1, 0.15) is 0 Å². The van der Waals surface area contributed by atoms with E-state index in [1.807, 2.05) is 24.3 Å². The topological polar surface area (TPSA) is 71.4 Å². The molecule has 1 saturated heterocycles. The van der Waals surface area contributed by atoms with Crippen LogP contribution in [0.1, 0.15) is 36.4 Å². The minimum atomic E-state index is -3.24. The van der Waals surface area contributed by atoms with Crippen LogP contribution in [0.4, 0.5) is 0 Å². The van der Waals surface area contributed by atoms with E-state index in [1.165, 1.54) is 10.6 Å². The molecule has 0 bridgehead atoms. The van der Waals surface area contributed by atoms with Crippen LogP contribution in [0.3, 0.4) is 0 Å². The Bertz CT molecular complexity index is 1140. The first-order valence-electron chi connectivity index (χ1n) is 10.2. The minimum absolute atomic E-state index is 0.0160. The molecule has 0 saturated carbocycles. The number of benzene rings is 2. The molecule has 1 atom stereocenters. The number of rotatable bonds is 3. The van der Waals surface area contributed by atoms with Gasteiger partial charge in [-0.1, -0.05) is 40.2 Å². The molecule has 31 heavy (non-hydrogen) atoms. The molecule has 3 heterocycles. The molecule has 0 radical (unpaired) electrons. The van der Waals surface area contributed by atoms with Crippen LogP contribution in [0.15, 0.2) is 52.0 Å². The molecule has 9 heteroatoms. The van der Waals surface area contributed by atoms with Crippen LogP contribution in [-0.2, 0) is 10.0 Å². The number of fused-ring (bicyclic) bond motifs is 4. The second-order valence-corrected chi connectivity index (χ2v) is 11.1.